The number of halogens is 2. The van der Waals surface area contributed by atoms with Crippen LogP contribution in [0.2, 0.25) is 0 Å². The molecule has 0 aliphatic carbocycles. The van der Waals surface area contributed by atoms with E-state index in [1.54, 1.807) is 12.1 Å². The molecule has 0 aromatic carbocycles. The lowest BCUT2D eigenvalue weighted by Gasteiger charge is -1.93. The largest absolute Gasteiger partial charge is 0.410 e. The van der Waals surface area contributed by atoms with Gasteiger partial charge in [-0.3, -0.25) is 0 Å². The highest BCUT2D eigenvalue weighted by Crippen LogP contribution is 2.08. The Hall–Kier alpha value is -0.610. The van der Waals surface area contributed by atoms with Crippen LogP contribution in [0.25, 0.3) is 0 Å². The summed E-state index contributed by atoms with van der Waals surface area (Å²) in [5.74, 6) is 0. The average Bonchev–Trinajstić information content (AvgIpc) is 2.05. The van der Waals surface area contributed by atoms with Crippen LogP contribution in [-0.4, -0.2) is 15.4 Å². The van der Waals surface area contributed by atoms with E-state index in [0.29, 0.717) is 10.2 Å². The van der Waals surface area contributed by atoms with Crippen LogP contribution < -0.4 is 0 Å². The number of hydrogen-bond acceptors (Lipinski definition) is 3. The average molecular weight is 235 g/mol. The van der Waals surface area contributed by atoms with Crippen molar-refractivity contribution in [3.8, 4) is 0 Å². The van der Waals surface area contributed by atoms with Gasteiger partial charge in [0.15, 0.2) is 5.17 Å². The van der Waals surface area contributed by atoms with Crippen LogP contribution in [0.15, 0.2) is 28.1 Å². The molecule has 0 saturated heterocycles. The van der Waals surface area contributed by atoms with Gasteiger partial charge in [0.2, 0.25) is 0 Å². The summed E-state index contributed by atoms with van der Waals surface area (Å²) in [4.78, 5) is 3.89. The van der Waals surface area contributed by atoms with Gasteiger partial charge in [-0.1, -0.05) is 16.8 Å². The van der Waals surface area contributed by atoms with Gasteiger partial charge in [-0.2, -0.15) is 0 Å². The lowest BCUT2D eigenvalue weighted by atomic mass is 10.3. The molecule has 1 rings (SSSR count). The van der Waals surface area contributed by atoms with Crippen molar-refractivity contribution in [3.63, 3.8) is 0 Å². The van der Waals surface area contributed by atoms with Crippen LogP contribution in [0, 0.1) is 0 Å². The molecule has 0 bridgehead atoms. The van der Waals surface area contributed by atoms with Gasteiger partial charge in [0.05, 0.1) is 0 Å². The molecule has 1 aromatic heterocycles. The second-order valence-electron chi connectivity index (χ2n) is 1.76. The topological polar surface area (TPSA) is 45.5 Å². The minimum absolute atomic E-state index is 0.0324. The number of hydrogen-bond donors (Lipinski definition) is 1. The fourth-order valence-electron chi connectivity index (χ4n) is 0.556. The van der Waals surface area contributed by atoms with E-state index in [9.17, 15) is 0 Å². The van der Waals surface area contributed by atoms with Crippen LogP contribution >= 0.6 is 27.5 Å². The molecule has 0 atom stereocenters. The summed E-state index contributed by atoms with van der Waals surface area (Å²) >= 11 is 8.65. The first kappa shape index (κ1) is 8.49. The van der Waals surface area contributed by atoms with E-state index in [4.69, 9.17) is 16.8 Å². The van der Waals surface area contributed by atoms with Crippen molar-refractivity contribution in [2.75, 3.05) is 0 Å². The second kappa shape index (κ2) is 3.69. The number of pyridine rings is 1. The van der Waals surface area contributed by atoms with Crippen molar-refractivity contribution in [2.45, 2.75) is 0 Å². The van der Waals surface area contributed by atoms with Crippen LogP contribution in [-0.2, 0) is 0 Å². The highest BCUT2D eigenvalue weighted by molar-refractivity contribution is 9.10. The predicted molar refractivity (Wildman–Crippen MR) is 46.1 cm³/mol. The lowest BCUT2D eigenvalue weighted by molar-refractivity contribution is 0.321. The lowest BCUT2D eigenvalue weighted by Crippen LogP contribution is -1.91. The first-order chi connectivity index (χ1) is 5.24. The second-order valence-corrected chi connectivity index (χ2v) is 2.93. The molecule has 0 aliphatic rings. The number of aromatic nitrogens is 1. The summed E-state index contributed by atoms with van der Waals surface area (Å²) in [7, 11) is 0. The summed E-state index contributed by atoms with van der Waals surface area (Å²) in [6.45, 7) is 0. The maximum atomic E-state index is 8.27. The van der Waals surface area contributed by atoms with Gasteiger partial charge < -0.3 is 5.21 Å². The van der Waals surface area contributed by atoms with Gasteiger partial charge in [0.25, 0.3) is 0 Å². The van der Waals surface area contributed by atoms with Gasteiger partial charge >= 0.3 is 0 Å². The molecular weight excluding hydrogens is 231 g/mol. The predicted octanol–water partition coefficient (Wildman–Crippen LogP) is 2.22. The van der Waals surface area contributed by atoms with Gasteiger partial charge in [0, 0.05) is 11.8 Å². The molecule has 1 heterocycles. The zero-order valence-electron chi connectivity index (χ0n) is 5.33. The van der Waals surface area contributed by atoms with Crippen molar-refractivity contribution in [1.82, 2.24) is 4.98 Å². The summed E-state index contributed by atoms with van der Waals surface area (Å²) in [6, 6.07) is 3.40. The molecule has 0 unspecified atom stereocenters. The van der Waals surface area contributed by atoms with E-state index >= 15 is 0 Å². The molecular formula is C6H4BrClN2O. The molecule has 58 valence electrons. The molecule has 1 N–H and O–H groups in total. The van der Waals surface area contributed by atoms with Crippen LogP contribution in [0.3, 0.4) is 0 Å². The van der Waals surface area contributed by atoms with E-state index in [0.717, 1.165) is 0 Å². The quantitative estimate of drug-likeness (QED) is 0.351. The first-order valence-electron chi connectivity index (χ1n) is 2.73. The molecule has 11 heavy (non-hydrogen) atoms. The van der Waals surface area contributed by atoms with Crippen molar-refractivity contribution in [2.24, 2.45) is 5.16 Å². The number of oxime groups is 1. The fraction of sp³-hybridized carbons (Fsp3) is 0. The maximum Gasteiger partial charge on any atom is 0.176 e. The van der Waals surface area contributed by atoms with Gasteiger partial charge in [-0.15, -0.1) is 0 Å². The summed E-state index contributed by atoms with van der Waals surface area (Å²) in [5, 5.41) is 11.1. The highest BCUT2D eigenvalue weighted by Gasteiger charge is 1.99. The summed E-state index contributed by atoms with van der Waals surface area (Å²) in [5.41, 5.74) is 0.581. The minimum atomic E-state index is 0.0324. The molecule has 0 aliphatic heterocycles. The number of rotatable bonds is 1. The molecule has 0 radical (unpaired) electrons. The Morgan fingerprint density at radius 1 is 1.64 bits per heavy atom. The Balaban J connectivity index is 2.99. The molecule has 3 nitrogen and oxygen atoms in total. The Morgan fingerprint density at radius 3 is 2.82 bits per heavy atom. The third kappa shape index (κ3) is 2.17. The van der Waals surface area contributed by atoms with E-state index < -0.39 is 0 Å². The monoisotopic (exact) mass is 234 g/mol. The Bertz CT molecular complexity index is 272. The van der Waals surface area contributed by atoms with Gasteiger partial charge in [-0.25, -0.2) is 4.98 Å². The first-order valence-corrected chi connectivity index (χ1v) is 3.90. The van der Waals surface area contributed by atoms with Crippen LogP contribution in [0.5, 0.6) is 0 Å². The molecule has 1 aromatic rings. The van der Waals surface area contributed by atoms with Gasteiger partial charge in [0.1, 0.15) is 4.60 Å². The highest BCUT2D eigenvalue weighted by atomic mass is 79.9. The Labute approximate surface area is 76.8 Å². The molecule has 0 amide bonds. The van der Waals surface area contributed by atoms with E-state index in [-0.39, 0.29) is 5.17 Å². The Morgan fingerprint density at radius 2 is 2.36 bits per heavy atom. The molecule has 0 spiro atoms. The third-order valence-corrected chi connectivity index (χ3v) is 1.82. The zero-order chi connectivity index (χ0) is 8.27. The normalized spacial score (nSPS) is 11.6. The smallest absolute Gasteiger partial charge is 0.176 e. The van der Waals surface area contributed by atoms with Crippen LogP contribution in [0.1, 0.15) is 5.56 Å². The summed E-state index contributed by atoms with van der Waals surface area (Å²) in [6.07, 6.45) is 1.51. The van der Waals surface area contributed by atoms with Crippen molar-refractivity contribution >= 4 is 32.7 Å². The number of nitrogens with zero attached hydrogens (tertiary/aromatic N) is 2. The maximum absolute atomic E-state index is 8.27. The van der Waals surface area contributed by atoms with E-state index in [1.807, 2.05) is 0 Å². The zero-order valence-corrected chi connectivity index (χ0v) is 7.67. The molecule has 5 heteroatoms. The van der Waals surface area contributed by atoms with Gasteiger partial charge in [-0.05, 0) is 28.1 Å². The van der Waals surface area contributed by atoms with Crippen molar-refractivity contribution < 1.29 is 5.21 Å². The van der Waals surface area contributed by atoms with E-state index in [1.165, 1.54) is 6.20 Å². The van der Waals surface area contributed by atoms with Crippen molar-refractivity contribution in [3.05, 3.63) is 28.5 Å². The van der Waals surface area contributed by atoms with Crippen LogP contribution in [0.4, 0.5) is 0 Å². The standard InChI is InChI=1S/C6H4BrClN2O/c7-5-2-1-4(3-9-5)6(8)10-11/h1-3,11H. The third-order valence-electron chi connectivity index (χ3n) is 1.05. The molecule has 0 saturated carbocycles. The minimum Gasteiger partial charge on any atom is -0.410 e. The molecule has 0 fully saturated rings. The van der Waals surface area contributed by atoms with E-state index in [2.05, 4.69) is 26.1 Å². The SMILES string of the molecule is ON=C(Cl)c1ccc(Br)nc1. The summed E-state index contributed by atoms with van der Waals surface area (Å²) < 4.78 is 0.712. The fourth-order valence-corrected chi connectivity index (χ4v) is 0.902. The Kier molecular flexibility index (Phi) is 2.84. The van der Waals surface area contributed by atoms with Crippen molar-refractivity contribution in [1.29, 1.82) is 0 Å².